The molecule has 2 heterocycles. The quantitative estimate of drug-likeness (QED) is 0.807. The number of ketones is 1. The van der Waals surface area contributed by atoms with Crippen LogP contribution in [0, 0.1) is 5.92 Å². The minimum atomic E-state index is -0.773. The summed E-state index contributed by atoms with van der Waals surface area (Å²) in [6, 6.07) is 5.22. The molecule has 96 valence electrons. The fourth-order valence-corrected chi connectivity index (χ4v) is 2.21. The average Bonchev–Trinajstić information content (AvgIpc) is 2.40. The third-order valence-corrected chi connectivity index (χ3v) is 3.17. The highest BCUT2D eigenvalue weighted by Crippen LogP contribution is 2.16. The van der Waals surface area contributed by atoms with Gasteiger partial charge in [0.05, 0.1) is 12.5 Å². The molecule has 1 aliphatic rings. The summed E-state index contributed by atoms with van der Waals surface area (Å²) in [6.07, 6.45) is 3.11. The molecule has 1 aromatic heterocycles. The molecule has 1 fully saturated rings. The van der Waals surface area contributed by atoms with Crippen molar-refractivity contribution in [2.75, 3.05) is 19.6 Å². The van der Waals surface area contributed by atoms with Crippen LogP contribution in [0.2, 0.25) is 0 Å². The first-order chi connectivity index (χ1) is 8.66. The van der Waals surface area contributed by atoms with Crippen molar-refractivity contribution in [3.63, 3.8) is 0 Å². The van der Waals surface area contributed by atoms with E-state index in [1.165, 1.54) is 0 Å². The Hall–Kier alpha value is -1.75. The lowest BCUT2D eigenvalue weighted by molar-refractivity contribution is -0.143. The van der Waals surface area contributed by atoms with Crippen molar-refractivity contribution in [2.24, 2.45) is 5.92 Å². The number of hydrogen-bond acceptors (Lipinski definition) is 4. The number of carboxylic acids is 1. The average molecular weight is 248 g/mol. The normalized spacial score (nSPS) is 20.6. The molecular formula is C13H16N2O3. The van der Waals surface area contributed by atoms with E-state index in [2.05, 4.69) is 4.98 Å². The minimum Gasteiger partial charge on any atom is -0.481 e. The molecule has 5 nitrogen and oxygen atoms in total. The molecule has 0 amide bonds. The van der Waals surface area contributed by atoms with E-state index < -0.39 is 5.97 Å². The first-order valence-corrected chi connectivity index (χ1v) is 6.06. The summed E-state index contributed by atoms with van der Waals surface area (Å²) >= 11 is 0. The predicted molar refractivity (Wildman–Crippen MR) is 65.4 cm³/mol. The number of aliphatic carboxylic acids is 1. The Morgan fingerprint density at radius 1 is 1.44 bits per heavy atom. The lowest BCUT2D eigenvalue weighted by Gasteiger charge is -2.29. The number of pyridine rings is 1. The molecule has 2 rings (SSSR count). The van der Waals surface area contributed by atoms with Crippen LogP contribution in [0.4, 0.5) is 0 Å². The fourth-order valence-electron chi connectivity index (χ4n) is 2.21. The number of carboxylic acid groups (broad SMARTS) is 1. The molecule has 5 heteroatoms. The first-order valence-electron chi connectivity index (χ1n) is 6.06. The Bertz CT molecular complexity index is 433. The maximum Gasteiger partial charge on any atom is 0.307 e. The van der Waals surface area contributed by atoms with Gasteiger partial charge in [-0.15, -0.1) is 0 Å². The standard InChI is InChI=1S/C13H16N2O3/c16-12(11-5-1-2-6-14-11)9-15-7-3-4-10(8-15)13(17)18/h1-2,5-6,10H,3-4,7-9H2,(H,17,18). The van der Waals surface area contributed by atoms with Gasteiger partial charge in [0.15, 0.2) is 5.78 Å². The minimum absolute atomic E-state index is 0.0540. The van der Waals surface area contributed by atoms with E-state index in [1.807, 2.05) is 4.90 Å². The van der Waals surface area contributed by atoms with Crippen LogP contribution in [0.25, 0.3) is 0 Å². The van der Waals surface area contributed by atoms with Gasteiger partial charge in [0.2, 0.25) is 0 Å². The van der Waals surface area contributed by atoms with Gasteiger partial charge in [0.25, 0.3) is 0 Å². The lowest BCUT2D eigenvalue weighted by Crippen LogP contribution is -2.41. The second-order valence-electron chi connectivity index (χ2n) is 4.55. The summed E-state index contributed by atoms with van der Waals surface area (Å²) in [6.45, 7) is 1.48. The summed E-state index contributed by atoms with van der Waals surface area (Å²) in [7, 11) is 0. The van der Waals surface area contributed by atoms with E-state index in [4.69, 9.17) is 5.11 Å². The highest BCUT2D eigenvalue weighted by molar-refractivity contribution is 5.95. The van der Waals surface area contributed by atoms with Crippen LogP contribution in [0.3, 0.4) is 0 Å². The molecular weight excluding hydrogens is 232 g/mol. The molecule has 0 saturated carbocycles. The molecule has 1 N–H and O–H groups in total. The zero-order chi connectivity index (χ0) is 13.0. The van der Waals surface area contributed by atoms with Crippen molar-refractivity contribution >= 4 is 11.8 Å². The van der Waals surface area contributed by atoms with Gasteiger partial charge in [-0.25, -0.2) is 0 Å². The molecule has 0 radical (unpaired) electrons. The molecule has 1 unspecified atom stereocenters. The van der Waals surface area contributed by atoms with Crippen molar-refractivity contribution in [1.29, 1.82) is 0 Å². The Morgan fingerprint density at radius 3 is 2.94 bits per heavy atom. The lowest BCUT2D eigenvalue weighted by atomic mass is 9.98. The van der Waals surface area contributed by atoms with Crippen molar-refractivity contribution < 1.29 is 14.7 Å². The molecule has 0 aromatic carbocycles. The van der Waals surface area contributed by atoms with Gasteiger partial charge in [-0.05, 0) is 31.5 Å². The van der Waals surface area contributed by atoms with Crippen LogP contribution in [-0.4, -0.2) is 46.4 Å². The van der Waals surface area contributed by atoms with E-state index >= 15 is 0 Å². The van der Waals surface area contributed by atoms with Crippen LogP contribution >= 0.6 is 0 Å². The number of likely N-dealkylation sites (tertiary alicyclic amines) is 1. The Labute approximate surface area is 105 Å². The summed E-state index contributed by atoms with van der Waals surface area (Å²) in [5.41, 5.74) is 0.440. The van der Waals surface area contributed by atoms with Gasteiger partial charge in [-0.2, -0.15) is 0 Å². The van der Waals surface area contributed by atoms with E-state index in [1.54, 1.807) is 24.4 Å². The van der Waals surface area contributed by atoms with E-state index in [9.17, 15) is 9.59 Å². The van der Waals surface area contributed by atoms with Gasteiger partial charge in [-0.1, -0.05) is 6.07 Å². The maximum absolute atomic E-state index is 11.9. The number of piperidine rings is 1. The molecule has 0 spiro atoms. The molecule has 1 aliphatic heterocycles. The fraction of sp³-hybridized carbons (Fsp3) is 0.462. The van der Waals surface area contributed by atoms with Crippen LogP contribution in [0.5, 0.6) is 0 Å². The highest BCUT2D eigenvalue weighted by atomic mass is 16.4. The Kier molecular flexibility index (Phi) is 4.04. The Morgan fingerprint density at radius 2 is 2.28 bits per heavy atom. The number of aromatic nitrogens is 1. The molecule has 1 saturated heterocycles. The van der Waals surface area contributed by atoms with Crippen molar-refractivity contribution in [3.8, 4) is 0 Å². The zero-order valence-electron chi connectivity index (χ0n) is 10.1. The number of hydrogen-bond donors (Lipinski definition) is 1. The SMILES string of the molecule is O=C(CN1CCCC(C(=O)O)C1)c1ccccn1. The number of carbonyl (C=O) groups is 2. The Balaban J connectivity index is 1.93. The van der Waals surface area contributed by atoms with E-state index in [0.29, 0.717) is 18.7 Å². The zero-order valence-corrected chi connectivity index (χ0v) is 10.1. The van der Waals surface area contributed by atoms with Crippen molar-refractivity contribution in [2.45, 2.75) is 12.8 Å². The monoisotopic (exact) mass is 248 g/mol. The van der Waals surface area contributed by atoms with E-state index in [0.717, 1.165) is 13.0 Å². The first kappa shape index (κ1) is 12.7. The predicted octanol–water partition coefficient (Wildman–Crippen LogP) is 1.06. The highest BCUT2D eigenvalue weighted by Gasteiger charge is 2.26. The number of nitrogens with zero attached hydrogens (tertiary/aromatic N) is 2. The van der Waals surface area contributed by atoms with Crippen LogP contribution in [0.1, 0.15) is 23.3 Å². The molecule has 1 aromatic rings. The van der Waals surface area contributed by atoms with Crippen LogP contribution in [0.15, 0.2) is 24.4 Å². The van der Waals surface area contributed by atoms with Crippen LogP contribution in [-0.2, 0) is 4.79 Å². The second-order valence-corrected chi connectivity index (χ2v) is 4.55. The molecule has 0 bridgehead atoms. The third-order valence-electron chi connectivity index (χ3n) is 3.17. The van der Waals surface area contributed by atoms with Gasteiger partial charge in [0.1, 0.15) is 5.69 Å². The summed E-state index contributed by atoms with van der Waals surface area (Å²) in [5, 5.41) is 8.98. The van der Waals surface area contributed by atoms with Crippen LogP contribution < -0.4 is 0 Å². The second kappa shape index (κ2) is 5.73. The third kappa shape index (κ3) is 3.13. The molecule has 18 heavy (non-hydrogen) atoms. The molecule has 1 atom stereocenters. The van der Waals surface area contributed by atoms with E-state index in [-0.39, 0.29) is 18.2 Å². The molecule has 0 aliphatic carbocycles. The largest absolute Gasteiger partial charge is 0.481 e. The summed E-state index contributed by atoms with van der Waals surface area (Å²) in [4.78, 5) is 28.8. The topological polar surface area (TPSA) is 70.5 Å². The maximum atomic E-state index is 11.9. The van der Waals surface area contributed by atoms with Gasteiger partial charge in [-0.3, -0.25) is 19.5 Å². The summed E-state index contributed by atoms with van der Waals surface area (Å²) in [5.74, 6) is -1.18. The summed E-state index contributed by atoms with van der Waals surface area (Å²) < 4.78 is 0. The van der Waals surface area contributed by atoms with Gasteiger partial charge in [0, 0.05) is 12.7 Å². The number of Topliss-reactive ketones (excluding diaryl/α,β-unsaturated/α-hetero) is 1. The number of rotatable bonds is 4. The smallest absolute Gasteiger partial charge is 0.307 e. The van der Waals surface area contributed by atoms with Crippen molar-refractivity contribution in [3.05, 3.63) is 30.1 Å². The van der Waals surface area contributed by atoms with Crippen molar-refractivity contribution in [1.82, 2.24) is 9.88 Å². The number of carbonyl (C=O) groups excluding carboxylic acids is 1. The van der Waals surface area contributed by atoms with Gasteiger partial charge < -0.3 is 5.11 Å². The van der Waals surface area contributed by atoms with Gasteiger partial charge >= 0.3 is 5.97 Å².